The van der Waals surface area contributed by atoms with Gasteiger partial charge in [0.15, 0.2) is 11.5 Å². The van der Waals surface area contributed by atoms with Gasteiger partial charge in [-0.3, -0.25) is 4.79 Å². The van der Waals surface area contributed by atoms with E-state index in [0.29, 0.717) is 11.6 Å². The first kappa shape index (κ1) is 12.9. The fourth-order valence-electron chi connectivity index (χ4n) is 1.41. The lowest BCUT2D eigenvalue weighted by Crippen LogP contribution is -2.18. The smallest absolute Gasteiger partial charge is 0.277 e. The SMILES string of the molecule is CC(C)c1ncc(N)c(C(=O)Nc2cccnn2)n1. The van der Waals surface area contributed by atoms with Crippen molar-refractivity contribution in [2.24, 2.45) is 0 Å². The Hall–Kier alpha value is -2.57. The van der Waals surface area contributed by atoms with Crippen molar-refractivity contribution in [2.45, 2.75) is 19.8 Å². The number of anilines is 2. The van der Waals surface area contributed by atoms with Crippen molar-refractivity contribution in [2.75, 3.05) is 11.1 Å². The van der Waals surface area contributed by atoms with Gasteiger partial charge in [-0.1, -0.05) is 13.8 Å². The Morgan fingerprint density at radius 2 is 2.21 bits per heavy atom. The van der Waals surface area contributed by atoms with Crippen LogP contribution >= 0.6 is 0 Å². The van der Waals surface area contributed by atoms with Crippen molar-refractivity contribution >= 4 is 17.4 Å². The van der Waals surface area contributed by atoms with Crippen LogP contribution in [0.5, 0.6) is 0 Å². The largest absolute Gasteiger partial charge is 0.396 e. The second-order valence-electron chi connectivity index (χ2n) is 4.25. The first-order valence-corrected chi connectivity index (χ1v) is 5.79. The van der Waals surface area contributed by atoms with Gasteiger partial charge in [-0.25, -0.2) is 9.97 Å². The number of nitrogens with zero attached hydrogens (tertiary/aromatic N) is 4. The first-order valence-electron chi connectivity index (χ1n) is 5.79. The van der Waals surface area contributed by atoms with Crippen molar-refractivity contribution in [1.82, 2.24) is 20.2 Å². The molecule has 0 atom stereocenters. The summed E-state index contributed by atoms with van der Waals surface area (Å²) in [6, 6.07) is 3.30. The molecule has 3 N–H and O–H groups in total. The summed E-state index contributed by atoms with van der Waals surface area (Å²) in [7, 11) is 0. The maximum atomic E-state index is 12.1. The molecule has 0 spiro atoms. The van der Waals surface area contributed by atoms with Crippen molar-refractivity contribution in [3.05, 3.63) is 36.0 Å². The van der Waals surface area contributed by atoms with Crippen molar-refractivity contribution < 1.29 is 4.79 Å². The number of carbonyl (C=O) groups is 1. The molecule has 0 bridgehead atoms. The van der Waals surface area contributed by atoms with Gasteiger partial charge in [0.25, 0.3) is 5.91 Å². The van der Waals surface area contributed by atoms with E-state index >= 15 is 0 Å². The van der Waals surface area contributed by atoms with Gasteiger partial charge in [0.1, 0.15) is 5.82 Å². The van der Waals surface area contributed by atoms with Crippen molar-refractivity contribution in [3.8, 4) is 0 Å². The van der Waals surface area contributed by atoms with Gasteiger partial charge in [-0.05, 0) is 12.1 Å². The third-order valence-corrected chi connectivity index (χ3v) is 2.38. The number of aromatic nitrogens is 4. The predicted octanol–water partition coefficient (Wildman–Crippen LogP) is 1.22. The lowest BCUT2D eigenvalue weighted by Gasteiger charge is -2.08. The summed E-state index contributed by atoms with van der Waals surface area (Å²) < 4.78 is 0. The maximum Gasteiger partial charge on any atom is 0.277 e. The van der Waals surface area contributed by atoms with Crippen LogP contribution in [0.25, 0.3) is 0 Å². The van der Waals surface area contributed by atoms with Crippen LogP contribution in [0, 0.1) is 0 Å². The Kier molecular flexibility index (Phi) is 3.65. The van der Waals surface area contributed by atoms with E-state index in [2.05, 4.69) is 25.5 Å². The van der Waals surface area contributed by atoms with Gasteiger partial charge in [0.05, 0.1) is 11.9 Å². The zero-order valence-electron chi connectivity index (χ0n) is 10.7. The second-order valence-corrected chi connectivity index (χ2v) is 4.25. The number of nitrogen functional groups attached to an aromatic ring is 1. The van der Waals surface area contributed by atoms with Crippen LogP contribution in [0.3, 0.4) is 0 Å². The van der Waals surface area contributed by atoms with Crippen LogP contribution in [0.15, 0.2) is 24.5 Å². The number of hydrogen-bond acceptors (Lipinski definition) is 6. The van der Waals surface area contributed by atoms with Gasteiger partial charge in [0.2, 0.25) is 0 Å². The highest BCUT2D eigenvalue weighted by Gasteiger charge is 2.15. The number of nitrogens with one attached hydrogen (secondary N) is 1. The fraction of sp³-hybridized carbons (Fsp3) is 0.250. The molecular formula is C12H14N6O. The first-order chi connectivity index (χ1) is 9.08. The van der Waals surface area contributed by atoms with Gasteiger partial charge in [-0.2, -0.15) is 5.10 Å². The maximum absolute atomic E-state index is 12.1. The van der Waals surface area contributed by atoms with E-state index in [-0.39, 0.29) is 17.3 Å². The average Bonchev–Trinajstić information content (AvgIpc) is 2.40. The van der Waals surface area contributed by atoms with Crippen LogP contribution in [0.4, 0.5) is 11.5 Å². The molecule has 2 heterocycles. The van der Waals surface area contributed by atoms with E-state index in [0.717, 1.165) is 0 Å². The number of rotatable bonds is 3. The third kappa shape index (κ3) is 3.01. The fourth-order valence-corrected chi connectivity index (χ4v) is 1.41. The summed E-state index contributed by atoms with van der Waals surface area (Å²) >= 11 is 0. The summed E-state index contributed by atoms with van der Waals surface area (Å²) in [6.45, 7) is 3.88. The highest BCUT2D eigenvalue weighted by Crippen LogP contribution is 2.14. The molecule has 98 valence electrons. The van der Waals surface area contributed by atoms with Gasteiger partial charge in [0, 0.05) is 12.1 Å². The Balaban J connectivity index is 2.26. The normalized spacial score (nSPS) is 10.5. The molecule has 7 heteroatoms. The van der Waals surface area contributed by atoms with E-state index < -0.39 is 5.91 Å². The zero-order valence-corrected chi connectivity index (χ0v) is 10.7. The molecule has 1 amide bonds. The molecule has 0 aliphatic heterocycles. The molecule has 0 aliphatic carbocycles. The molecule has 19 heavy (non-hydrogen) atoms. The second kappa shape index (κ2) is 5.38. The number of nitrogens with two attached hydrogens (primary N) is 1. The minimum atomic E-state index is -0.428. The van der Waals surface area contributed by atoms with E-state index in [1.54, 1.807) is 12.1 Å². The Labute approximate surface area is 110 Å². The standard InChI is InChI=1S/C12H14N6O/c1-7(2)11-14-6-8(13)10(17-11)12(19)16-9-4-3-5-15-18-9/h3-7H,13H2,1-2H3,(H,16,18,19). The topological polar surface area (TPSA) is 107 Å². The summed E-state index contributed by atoms with van der Waals surface area (Å²) in [5, 5.41) is 10.0. The summed E-state index contributed by atoms with van der Waals surface area (Å²) in [4.78, 5) is 20.3. The third-order valence-electron chi connectivity index (χ3n) is 2.38. The molecule has 2 rings (SSSR count). The lowest BCUT2D eigenvalue weighted by atomic mass is 10.2. The quantitative estimate of drug-likeness (QED) is 0.857. The Morgan fingerprint density at radius 3 is 2.84 bits per heavy atom. The molecule has 0 aliphatic rings. The van der Waals surface area contributed by atoms with Crippen LogP contribution in [0.2, 0.25) is 0 Å². The van der Waals surface area contributed by atoms with Gasteiger partial charge < -0.3 is 11.1 Å². The lowest BCUT2D eigenvalue weighted by molar-refractivity contribution is 0.102. The van der Waals surface area contributed by atoms with E-state index in [1.165, 1.54) is 12.4 Å². The van der Waals surface area contributed by atoms with Crippen LogP contribution in [-0.4, -0.2) is 26.1 Å². The summed E-state index contributed by atoms with van der Waals surface area (Å²) in [5.41, 5.74) is 6.09. The average molecular weight is 258 g/mol. The van der Waals surface area contributed by atoms with E-state index in [1.807, 2.05) is 13.8 Å². The van der Waals surface area contributed by atoms with Crippen molar-refractivity contribution in [1.29, 1.82) is 0 Å². The van der Waals surface area contributed by atoms with Gasteiger partial charge in [-0.15, -0.1) is 5.10 Å². The molecule has 2 aromatic rings. The van der Waals surface area contributed by atoms with E-state index in [4.69, 9.17) is 5.73 Å². The molecular weight excluding hydrogens is 244 g/mol. The number of amides is 1. The Morgan fingerprint density at radius 1 is 1.42 bits per heavy atom. The number of carbonyl (C=O) groups excluding carboxylic acids is 1. The van der Waals surface area contributed by atoms with Crippen LogP contribution in [0.1, 0.15) is 36.1 Å². The Bertz CT molecular complexity index is 584. The molecule has 0 saturated heterocycles. The summed E-state index contributed by atoms with van der Waals surface area (Å²) in [6.07, 6.45) is 2.96. The molecule has 2 aromatic heterocycles. The van der Waals surface area contributed by atoms with E-state index in [9.17, 15) is 4.79 Å². The molecule has 0 fully saturated rings. The highest BCUT2D eigenvalue weighted by molar-refractivity contribution is 6.05. The number of hydrogen-bond donors (Lipinski definition) is 2. The summed E-state index contributed by atoms with van der Waals surface area (Å²) in [5.74, 6) is 0.598. The minimum Gasteiger partial charge on any atom is -0.396 e. The molecule has 0 aromatic carbocycles. The van der Waals surface area contributed by atoms with Crippen LogP contribution < -0.4 is 11.1 Å². The molecule has 0 unspecified atom stereocenters. The molecule has 0 radical (unpaired) electrons. The van der Waals surface area contributed by atoms with Crippen LogP contribution in [-0.2, 0) is 0 Å². The minimum absolute atomic E-state index is 0.115. The zero-order chi connectivity index (χ0) is 13.8. The van der Waals surface area contributed by atoms with Gasteiger partial charge >= 0.3 is 0 Å². The highest BCUT2D eigenvalue weighted by atomic mass is 16.2. The van der Waals surface area contributed by atoms with Crippen molar-refractivity contribution in [3.63, 3.8) is 0 Å². The predicted molar refractivity (Wildman–Crippen MR) is 70.5 cm³/mol. The molecule has 7 nitrogen and oxygen atoms in total. The monoisotopic (exact) mass is 258 g/mol. The molecule has 0 saturated carbocycles.